The van der Waals surface area contributed by atoms with Gasteiger partial charge in [-0.1, -0.05) is 38.1 Å². The molecule has 0 radical (unpaired) electrons. The van der Waals surface area contributed by atoms with Gasteiger partial charge in [0.25, 0.3) is 5.91 Å². The maximum atomic E-state index is 13.3. The van der Waals surface area contributed by atoms with Crippen LogP contribution in [0.4, 0.5) is 10.1 Å². The van der Waals surface area contributed by atoms with Crippen LogP contribution in [0.5, 0.6) is 0 Å². The molecule has 2 rings (SSSR count). The van der Waals surface area contributed by atoms with Crippen molar-refractivity contribution in [3.05, 3.63) is 65.5 Å². The van der Waals surface area contributed by atoms with Crippen molar-refractivity contribution in [3.8, 4) is 0 Å². The second-order valence-corrected chi connectivity index (χ2v) is 6.47. The number of aryl methyl sites for hydroxylation is 1. The molecular weight excluding hydrogens is 319 g/mol. The second kappa shape index (κ2) is 8.42. The third kappa shape index (κ3) is 5.41. The van der Waals surface area contributed by atoms with Gasteiger partial charge in [-0.05, 0) is 49.1 Å². The predicted molar refractivity (Wildman–Crippen MR) is 96.9 cm³/mol. The predicted octanol–water partition coefficient (Wildman–Crippen LogP) is 3.92. The average molecular weight is 342 g/mol. The van der Waals surface area contributed by atoms with Gasteiger partial charge >= 0.3 is 0 Å². The van der Waals surface area contributed by atoms with Crippen LogP contribution in [0.25, 0.3) is 0 Å². The SMILES string of the molecule is Cc1ccccc1C(=O)NC(CC(C)C)C(=O)Nc1cccc(F)c1. The molecule has 0 aromatic heterocycles. The van der Waals surface area contributed by atoms with E-state index in [1.54, 1.807) is 18.2 Å². The number of carbonyl (C=O) groups excluding carboxylic acids is 2. The van der Waals surface area contributed by atoms with E-state index in [1.165, 1.54) is 18.2 Å². The molecule has 0 aliphatic carbocycles. The lowest BCUT2D eigenvalue weighted by atomic mass is 10.0. The topological polar surface area (TPSA) is 58.2 Å². The van der Waals surface area contributed by atoms with E-state index >= 15 is 0 Å². The standard InChI is InChI=1S/C20H23FN2O2/c1-13(2)11-18(20(25)22-16-9-6-8-15(21)12-16)23-19(24)17-10-5-4-7-14(17)3/h4-10,12-13,18H,11H2,1-3H3,(H,22,25)(H,23,24). The molecule has 0 bridgehead atoms. The van der Waals surface area contributed by atoms with E-state index < -0.39 is 11.9 Å². The number of amides is 2. The molecule has 0 aliphatic rings. The molecule has 0 aliphatic heterocycles. The maximum absolute atomic E-state index is 13.3. The number of nitrogens with one attached hydrogen (secondary N) is 2. The van der Waals surface area contributed by atoms with Gasteiger partial charge in [0.1, 0.15) is 11.9 Å². The first-order chi connectivity index (χ1) is 11.9. The molecule has 5 heteroatoms. The molecular formula is C20H23FN2O2. The number of benzene rings is 2. The van der Waals surface area contributed by atoms with Gasteiger partial charge in [0, 0.05) is 11.3 Å². The molecule has 0 saturated heterocycles. The highest BCUT2D eigenvalue weighted by Gasteiger charge is 2.23. The summed E-state index contributed by atoms with van der Waals surface area (Å²) >= 11 is 0. The Kier molecular flexibility index (Phi) is 6.28. The summed E-state index contributed by atoms with van der Waals surface area (Å²) in [5, 5.41) is 5.46. The van der Waals surface area contributed by atoms with Crippen LogP contribution in [0, 0.1) is 18.7 Å². The number of carbonyl (C=O) groups is 2. The lowest BCUT2D eigenvalue weighted by Crippen LogP contribution is -2.44. The van der Waals surface area contributed by atoms with Crippen LogP contribution < -0.4 is 10.6 Å². The fraction of sp³-hybridized carbons (Fsp3) is 0.300. The van der Waals surface area contributed by atoms with Gasteiger partial charge in [0.2, 0.25) is 5.91 Å². The summed E-state index contributed by atoms with van der Waals surface area (Å²) in [6.45, 7) is 5.80. The van der Waals surface area contributed by atoms with Gasteiger partial charge in [0.15, 0.2) is 0 Å². The normalized spacial score (nSPS) is 11.9. The maximum Gasteiger partial charge on any atom is 0.252 e. The van der Waals surface area contributed by atoms with Crippen molar-refractivity contribution in [2.75, 3.05) is 5.32 Å². The number of halogens is 1. The highest BCUT2D eigenvalue weighted by molar-refractivity contribution is 6.01. The van der Waals surface area contributed by atoms with Gasteiger partial charge in [-0.25, -0.2) is 4.39 Å². The van der Waals surface area contributed by atoms with E-state index in [2.05, 4.69) is 10.6 Å². The van der Waals surface area contributed by atoms with Crippen molar-refractivity contribution in [1.82, 2.24) is 5.32 Å². The largest absolute Gasteiger partial charge is 0.340 e. The minimum atomic E-state index is -0.699. The van der Waals surface area contributed by atoms with Crippen LogP contribution in [0.3, 0.4) is 0 Å². The molecule has 25 heavy (non-hydrogen) atoms. The molecule has 2 N–H and O–H groups in total. The first-order valence-electron chi connectivity index (χ1n) is 8.29. The zero-order valence-electron chi connectivity index (χ0n) is 14.7. The second-order valence-electron chi connectivity index (χ2n) is 6.47. The Bertz CT molecular complexity index is 759. The molecule has 132 valence electrons. The number of rotatable bonds is 6. The molecule has 0 spiro atoms. The van der Waals surface area contributed by atoms with Crippen molar-refractivity contribution >= 4 is 17.5 Å². The van der Waals surface area contributed by atoms with Crippen LogP contribution in [0.15, 0.2) is 48.5 Å². The van der Waals surface area contributed by atoms with Crippen LogP contribution in [0.1, 0.15) is 36.2 Å². The first kappa shape index (κ1) is 18.6. The zero-order valence-corrected chi connectivity index (χ0v) is 14.7. The van der Waals surface area contributed by atoms with Crippen molar-refractivity contribution in [2.24, 2.45) is 5.92 Å². The van der Waals surface area contributed by atoms with E-state index in [4.69, 9.17) is 0 Å². The molecule has 0 fully saturated rings. The van der Waals surface area contributed by atoms with E-state index in [0.717, 1.165) is 5.56 Å². The number of anilines is 1. The third-order valence-corrected chi connectivity index (χ3v) is 3.81. The van der Waals surface area contributed by atoms with Gasteiger partial charge in [-0.3, -0.25) is 9.59 Å². The molecule has 2 aromatic carbocycles. The van der Waals surface area contributed by atoms with E-state index in [-0.39, 0.29) is 17.7 Å². The molecule has 2 amide bonds. The lowest BCUT2D eigenvalue weighted by Gasteiger charge is -2.20. The summed E-state index contributed by atoms with van der Waals surface area (Å²) in [6, 6.07) is 12.2. The fourth-order valence-corrected chi connectivity index (χ4v) is 2.56. The molecule has 1 atom stereocenters. The Morgan fingerprint density at radius 2 is 1.80 bits per heavy atom. The van der Waals surface area contributed by atoms with Crippen LogP contribution in [-0.4, -0.2) is 17.9 Å². The number of hydrogen-bond acceptors (Lipinski definition) is 2. The summed E-state index contributed by atoms with van der Waals surface area (Å²) in [5.41, 5.74) is 1.74. The fourth-order valence-electron chi connectivity index (χ4n) is 2.56. The van der Waals surface area contributed by atoms with Gasteiger partial charge in [-0.2, -0.15) is 0 Å². The van der Waals surface area contributed by atoms with Crippen molar-refractivity contribution in [3.63, 3.8) is 0 Å². The summed E-state index contributed by atoms with van der Waals surface area (Å²) in [6.07, 6.45) is 0.485. The molecule has 4 nitrogen and oxygen atoms in total. The Hall–Kier alpha value is -2.69. The van der Waals surface area contributed by atoms with Crippen molar-refractivity contribution in [2.45, 2.75) is 33.2 Å². The summed E-state index contributed by atoms with van der Waals surface area (Å²) < 4.78 is 13.3. The van der Waals surface area contributed by atoms with Gasteiger partial charge < -0.3 is 10.6 Å². The highest BCUT2D eigenvalue weighted by atomic mass is 19.1. The minimum Gasteiger partial charge on any atom is -0.340 e. The molecule has 0 saturated carbocycles. The smallest absolute Gasteiger partial charge is 0.252 e. The lowest BCUT2D eigenvalue weighted by molar-refractivity contribution is -0.118. The monoisotopic (exact) mass is 342 g/mol. The highest BCUT2D eigenvalue weighted by Crippen LogP contribution is 2.13. The molecule has 1 unspecified atom stereocenters. The van der Waals surface area contributed by atoms with Gasteiger partial charge in [-0.15, -0.1) is 0 Å². The zero-order chi connectivity index (χ0) is 18.4. The summed E-state index contributed by atoms with van der Waals surface area (Å²) in [4.78, 5) is 25.1. The van der Waals surface area contributed by atoms with E-state index in [9.17, 15) is 14.0 Å². The van der Waals surface area contributed by atoms with Crippen LogP contribution in [0.2, 0.25) is 0 Å². The van der Waals surface area contributed by atoms with E-state index in [0.29, 0.717) is 17.7 Å². The number of hydrogen-bond donors (Lipinski definition) is 2. The van der Waals surface area contributed by atoms with Crippen LogP contribution in [-0.2, 0) is 4.79 Å². The quantitative estimate of drug-likeness (QED) is 0.836. The van der Waals surface area contributed by atoms with Crippen LogP contribution >= 0.6 is 0 Å². The van der Waals surface area contributed by atoms with E-state index in [1.807, 2.05) is 32.9 Å². The van der Waals surface area contributed by atoms with Gasteiger partial charge in [0.05, 0.1) is 0 Å². The Labute approximate surface area is 147 Å². The summed E-state index contributed by atoms with van der Waals surface area (Å²) in [7, 11) is 0. The Morgan fingerprint density at radius 3 is 2.44 bits per heavy atom. The first-order valence-corrected chi connectivity index (χ1v) is 8.29. The Morgan fingerprint density at radius 1 is 1.08 bits per heavy atom. The molecule has 0 heterocycles. The Balaban J connectivity index is 2.13. The molecule has 2 aromatic rings. The third-order valence-electron chi connectivity index (χ3n) is 3.81. The minimum absolute atomic E-state index is 0.209. The van der Waals surface area contributed by atoms with Crippen molar-refractivity contribution < 1.29 is 14.0 Å². The summed E-state index contributed by atoms with van der Waals surface area (Å²) in [5.74, 6) is -0.873. The van der Waals surface area contributed by atoms with Crippen molar-refractivity contribution in [1.29, 1.82) is 0 Å². The average Bonchev–Trinajstić information content (AvgIpc) is 2.54.